The minimum absolute atomic E-state index is 0.0431. The fourth-order valence-electron chi connectivity index (χ4n) is 3.27. The monoisotopic (exact) mass is 449 g/mol. The van der Waals surface area contributed by atoms with Gasteiger partial charge in [0.1, 0.15) is 0 Å². The zero-order valence-electron chi connectivity index (χ0n) is 16.2. The Bertz CT molecular complexity index is 1130. The van der Waals surface area contributed by atoms with Crippen molar-refractivity contribution in [1.82, 2.24) is 9.62 Å². The smallest absolute Gasteiger partial charge is 0.261 e. The van der Waals surface area contributed by atoms with Gasteiger partial charge >= 0.3 is 0 Å². The van der Waals surface area contributed by atoms with Crippen LogP contribution < -0.4 is 10.0 Å². The van der Waals surface area contributed by atoms with Crippen molar-refractivity contribution in [2.24, 2.45) is 0 Å². The molecule has 1 aliphatic heterocycles. The van der Waals surface area contributed by atoms with Gasteiger partial charge in [-0.25, -0.2) is 16.8 Å². The number of rotatable bonds is 7. The van der Waals surface area contributed by atoms with Crippen LogP contribution in [0.1, 0.15) is 36.0 Å². The summed E-state index contributed by atoms with van der Waals surface area (Å²) in [5, 5.41) is 2.87. The third kappa shape index (κ3) is 4.50. The van der Waals surface area contributed by atoms with E-state index in [0.29, 0.717) is 24.3 Å². The number of sulfonamides is 2. The quantitative estimate of drug-likeness (QED) is 0.673. The lowest BCUT2D eigenvalue weighted by Crippen LogP contribution is -2.27. The molecule has 1 amide bonds. The van der Waals surface area contributed by atoms with Gasteiger partial charge < -0.3 is 5.32 Å². The molecule has 8 nitrogen and oxygen atoms in total. The summed E-state index contributed by atoms with van der Waals surface area (Å²) < 4.78 is 54.3. The number of amides is 1. The van der Waals surface area contributed by atoms with Crippen LogP contribution in [0.25, 0.3) is 0 Å². The highest BCUT2D eigenvalue weighted by atomic mass is 32.2. The highest BCUT2D eigenvalue weighted by Gasteiger charge is 2.27. The summed E-state index contributed by atoms with van der Waals surface area (Å²) >= 11 is 0. The normalized spacial score (nSPS) is 17.6. The Balaban J connectivity index is 1.46. The van der Waals surface area contributed by atoms with Crippen molar-refractivity contribution in [3.8, 4) is 0 Å². The fraction of sp³-hybridized carbons (Fsp3) is 0.350. The van der Waals surface area contributed by atoms with Crippen molar-refractivity contribution in [3.05, 3.63) is 54.1 Å². The first-order chi connectivity index (χ1) is 14.3. The second-order valence-corrected chi connectivity index (χ2v) is 11.1. The number of carbonyl (C=O) groups excluding carboxylic acids is 1. The molecule has 2 N–H and O–H groups in total. The van der Waals surface area contributed by atoms with E-state index in [4.69, 9.17) is 0 Å². The summed E-state index contributed by atoms with van der Waals surface area (Å²) in [5.74, 6) is -0.179. The van der Waals surface area contributed by atoms with Gasteiger partial charge in [0.05, 0.1) is 9.79 Å². The van der Waals surface area contributed by atoms with E-state index in [9.17, 15) is 21.6 Å². The Hall–Kier alpha value is -2.43. The minimum Gasteiger partial charge on any atom is -0.349 e. The van der Waals surface area contributed by atoms with E-state index in [2.05, 4.69) is 10.0 Å². The number of hydrogen-bond donors (Lipinski definition) is 2. The molecule has 0 bridgehead atoms. The molecule has 10 heteroatoms. The second kappa shape index (κ2) is 8.01. The first kappa shape index (κ1) is 20.8. The number of nitrogens with zero attached hydrogens (tertiary/aromatic N) is 1. The van der Waals surface area contributed by atoms with Gasteiger partial charge in [-0.15, -0.1) is 0 Å². The second-order valence-electron chi connectivity index (χ2n) is 7.51. The molecule has 1 saturated carbocycles. The first-order valence-electron chi connectivity index (χ1n) is 9.80. The van der Waals surface area contributed by atoms with Crippen molar-refractivity contribution in [2.45, 2.75) is 41.5 Å². The Labute approximate surface area is 176 Å². The summed E-state index contributed by atoms with van der Waals surface area (Å²) in [6, 6.07) is 11.6. The molecule has 160 valence electrons. The average Bonchev–Trinajstić information content (AvgIpc) is 3.35. The number of nitrogens with one attached hydrogen (secondary N) is 2. The maximum atomic E-state index is 12.6. The molecule has 2 aromatic rings. The van der Waals surface area contributed by atoms with Crippen LogP contribution >= 0.6 is 0 Å². The van der Waals surface area contributed by atoms with Gasteiger partial charge in [0.2, 0.25) is 10.0 Å². The lowest BCUT2D eigenvalue weighted by Gasteiger charge is -2.15. The third-order valence-corrected chi connectivity index (χ3v) is 8.46. The van der Waals surface area contributed by atoms with Gasteiger partial charge in [-0.1, -0.05) is 0 Å². The standard InChI is InChI=1S/C20H23N3O5S2/c24-20(21-16-7-8-16)15-3-5-17(6-4-15)22-29(25,26)18-9-11-19(12-10-18)30(27,28)23-13-1-2-14-23/h3-6,9-12,16,22H,1-2,7-8,13-14H2,(H,21,24). The van der Waals surface area contributed by atoms with E-state index in [-0.39, 0.29) is 21.7 Å². The molecule has 2 fully saturated rings. The lowest BCUT2D eigenvalue weighted by molar-refractivity contribution is 0.0951. The van der Waals surface area contributed by atoms with Gasteiger partial charge in [-0.3, -0.25) is 9.52 Å². The summed E-state index contributed by atoms with van der Waals surface area (Å²) in [6.07, 6.45) is 3.64. The topological polar surface area (TPSA) is 113 Å². The SMILES string of the molecule is O=C(NC1CC1)c1ccc(NS(=O)(=O)c2ccc(S(=O)(=O)N3CCCC3)cc2)cc1. The van der Waals surface area contributed by atoms with Gasteiger partial charge in [0.25, 0.3) is 15.9 Å². The molecule has 1 aliphatic carbocycles. The molecular weight excluding hydrogens is 426 g/mol. The van der Waals surface area contributed by atoms with E-state index >= 15 is 0 Å². The van der Waals surface area contributed by atoms with Crippen LogP contribution in [-0.4, -0.2) is 46.2 Å². The Morgan fingerprint density at radius 1 is 0.833 bits per heavy atom. The lowest BCUT2D eigenvalue weighted by atomic mass is 10.2. The number of hydrogen-bond acceptors (Lipinski definition) is 5. The van der Waals surface area contributed by atoms with Crippen molar-refractivity contribution in [2.75, 3.05) is 17.8 Å². The van der Waals surface area contributed by atoms with E-state index in [1.54, 1.807) is 12.1 Å². The summed E-state index contributed by atoms with van der Waals surface area (Å²) in [7, 11) is -7.49. The average molecular weight is 450 g/mol. The summed E-state index contributed by atoms with van der Waals surface area (Å²) in [5.41, 5.74) is 0.771. The van der Waals surface area contributed by atoms with Crippen molar-refractivity contribution >= 4 is 31.6 Å². The predicted octanol–water partition coefficient (Wildman–Crippen LogP) is 2.16. The van der Waals surface area contributed by atoms with Crippen molar-refractivity contribution in [1.29, 1.82) is 0 Å². The molecular formula is C20H23N3O5S2. The number of benzene rings is 2. The fourth-order valence-corrected chi connectivity index (χ4v) is 5.84. The van der Waals surface area contributed by atoms with Crippen LogP contribution in [0.4, 0.5) is 5.69 Å². The molecule has 0 atom stereocenters. The largest absolute Gasteiger partial charge is 0.349 e. The molecule has 1 saturated heterocycles. The van der Waals surface area contributed by atoms with Crippen LogP contribution in [0.3, 0.4) is 0 Å². The van der Waals surface area contributed by atoms with E-state index in [0.717, 1.165) is 25.7 Å². The predicted molar refractivity (Wildman–Crippen MR) is 112 cm³/mol. The molecule has 0 aromatic heterocycles. The number of carbonyl (C=O) groups is 1. The zero-order valence-corrected chi connectivity index (χ0v) is 17.9. The maximum Gasteiger partial charge on any atom is 0.261 e. The molecule has 1 heterocycles. The van der Waals surface area contributed by atoms with Crippen LogP contribution in [0.2, 0.25) is 0 Å². The molecule has 30 heavy (non-hydrogen) atoms. The van der Waals surface area contributed by atoms with Gasteiger partial charge in [-0.2, -0.15) is 4.31 Å². The highest BCUT2D eigenvalue weighted by Crippen LogP contribution is 2.24. The van der Waals surface area contributed by atoms with E-state index in [1.165, 1.54) is 40.7 Å². The molecule has 0 radical (unpaired) electrons. The van der Waals surface area contributed by atoms with Crippen molar-refractivity contribution in [3.63, 3.8) is 0 Å². The molecule has 2 aromatic carbocycles. The summed E-state index contributed by atoms with van der Waals surface area (Å²) in [4.78, 5) is 12.1. The number of anilines is 1. The highest BCUT2D eigenvalue weighted by molar-refractivity contribution is 7.92. The first-order valence-corrected chi connectivity index (χ1v) is 12.7. The third-order valence-electron chi connectivity index (χ3n) is 5.15. The van der Waals surface area contributed by atoms with Crippen LogP contribution in [0.15, 0.2) is 58.3 Å². The zero-order chi connectivity index (χ0) is 21.4. The van der Waals surface area contributed by atoms with Crippen LogP contribution in [0.5, 0.6) is 0 Å². The minimum atomic E-state index is -3.90. The van der Waals surface area contributed by atoms with Gasteiger partial charge in [0.15, 0.2) is 0 Å². The Morgan fingerprint density at radius 2 is 1.40 bits per heavy atom. The summed E-state index contributed by atoms with van der Waals surface area (Å²) in [6.45, 7) is 0.969. The van der Waals surface area contributed by atoms with E-state index < -0.39 is 20.0 Å². The van der Waals surface area contributed by atoms with Gasteiger partial charge in [-0.05, 0) is 74.2 Å². The molecule has 0 unspecified atom stereocenters. The van der Waals surface area contributed by atoms with Gasteiger partial charge in [0, 0.05) is 30.4 Å². The maximum absolute atomic E-state index is 12.6. The molecule has 0 spiro atoms. The van der Waals surface area contributed by atoms with Crippen LogP contribution in [0, 0.1) is 0 Å². The molecule has 2 aliphatic rings. The van der Waals surface area contributed by atoms with Crippen LogP contribution in [-0.2, 0) is 20.0 Å². The Kier molecular flexibility index (Phi) is 5.56. The van der Waals surface area contributed by atoms with Crippen molar-refractivity contribution < 1.29 is 21.6 Å². The molecule has 4 rings (SSSR count). The Morgan fingerprint density at radius 3 is 1.97 bits per heavy atom. The van der Waals surface area contributed by atoms with E-state index in [1.807, 2.05) is 0 Å².